The van der Waals surface area contributed by atoms with Crippen molar-refractivity contribution in [3.63, 3.8) is 0 Å². The van der Waals surface area contributed by atoms with Gasteiger partial charge in [-0.15, -0.1) is 22.9 Å². The number of halogens is 2. The first-order valence-electron chi connectivity index (χ1n) is 6.51. The number of rotatable bonds is 5. The van der Waals surface area contributed by atoms with E-state index in [9.17, 15) is 9.18 Å². The third-order valence-corrected chi connectivity index (χ3v) is 4.21. The molecule has 6 heteroatoms. The first-order chi connectivity index (χ1) is 9.99. The molecule has 2 aromatic rings. The predicted octanol–water partition coefficient (Wildman–Crippen LogP) is 3.50. The molecule has 2 rings (SSSR count). The Kier molecular flexibility index (Phi) is 5.31. The van der Waals surface area contributed by atoms with E-state index in [1.54, 1.807) is 26.0 Å². The molecule has 0 aliphatic carbocycles. The van der Waals surface area contributed by atoms with Crippen molar-refractivity contribution in [1.29, 1.82) is 0 Å². The summed E-state index contributed by atoms with van der Waals surface area (Å²) < 4.78 is 13.5. The Morgan fingerprint density at radius 3 is 2.62 bits per heavy atom. The maximum atomic E-state index is 13.5. The van der Waals surface area contributed by atoms with E-state index in [4.69, 9.17) is 11.6 Å². The Bertz CT molecular complexity index is 634. The zero-order chi connectivity index (χ0) is 15.4. The van der Waals surface area contributed by atoms with Gasteiger partial charge in [0.25, 0.3) is 0 Å². The maximum Gasteiger partial charge on any atom is 0.227 e. The first-order valence-corrected chi connectivity index (χ1v) is 7.92. The lowest BCUT2D eigenvalue weighted by atomic mass is 10.1. The molecule has 0 aliphatic heterocycles. The van der Waals surface area contributed by atoms with Crippen molar-refractivity contribution in [3.05, 3.63) is 50.7 Å². The third-order valence-electron chi connectivity index (χ3n) is 3.03. The molecule has 1 aromatic carbocycles. The Balaban J connectivity index is 1.92. The molecular formula is C15H16ClFN2OS. The number of nitrogens with zero attached hydrogens (tertiary/aromatic N) is 1. The van der Waals surface area contributed by atoms with Crippen molar-refractivity contribution >= 4 is 28.8 Å². The van der Waals surface area contributed by atoms with E-state index in [0.29, 0.717) is 23.6 Å². The molecule has 0 radical (unpaired) electrons. The Labute approximate surface area is 132 Å². The van der Waals surface area contributed by atoms with E-state index in [1.807, 2.05) is 5.38 Å². The van der Waals surface area contributed by atoms with Gasteiger partial charge in [0, 0.05) is 11.9 Å². The van der Waals surface area contributed by atoms with Gasteiger partial charge < -0.3 is 5.32 Å². The van der Waals surface area contributed by atoms with Crippen molar-refractivity contribution in [3.8, 4) is 0 Å². The fourth-order valence-electron chi connectivity index (χ4n) is 2.03. The SMILES string of the molecule is Cc1cc(CNC(=O)Cc2nc(CCl)cs2)cc(C)c1F. The molecule has 1 amide bonds. The van der Waals surface area contributed by atoms with E-state index in [2.05, 4.69) is 10.3 Å². The second kappa shape index (κ2) is 7.00. The number of hydrogen-bond donors (Lipinski definition) is 1. The lowest BCUT2D eigenvalue weighted by Crippen LogP contribution is -2.24. The van der Waals surface area contributed by atoms with E-state index in [0.717, 1.165) is 16.3 Å². The molecule has 0 saturated heterocycles. The van der Waals surface area contributed by atoms with Gasteiger partial charge in [-0.05, 0) is 30.5 Å². The van der Waals surface area contributed by atoms with Crippen molar-refractivity contribution < 1.29 is 9.18 Å². The van der Waals surface area contributed by atoms with Crippen LogP contribution in [0.2, 0.25) is 0 Å². The molecule has 112 valence electrons. The number of aryl methyl sites for hydroxylation is 2. The largest absolute Gasteiger partial charge is 0.352 e. The van der Waals surface area contributed by atoms with Crippen LogP contribution in [0.4, 0.5) is 4.39 Å². The highest BCUT2D eigenvalue weighted by atomic mass is 35.5. The van der Waals surface area contributed by atoms with Crippen LogP contribution in [0.15, 0.2) is 17.5 Å². The van der Waals surface area contributed by atoms with Gasteiger partial charge in [0.15, 0.2) is 0 Å². The van der Waals surface area contributed by atoms with Crippen LogP contribution in [-0.4, -0.2) is 10.9 Å². The number of nitrogens with one attached hydrogen (secondary N) is 1. The number of aromatic nitrogens is 1. The van der Waals surface area contributed by atoms with Gasteiger partial charge in [-0.25, -0.2) is 9.37 Å². The molecule has 0 atom stereocenters. The second-order valence-corrected chi connectivity index (χ2v) is 6.07. The quantitative estimate of drug-likeness (QED) is 0.854. The smallest absolute Gasteiger partial charge is 0.227 e. The maximum absolute atomic E-state index is 13.5. The summed E-state index contributed by atoms with van der Waals surface area (Å²) in [7, 11) is 0. The van der Waals surface area contributed by atoms with Gasteiger partial charge >= 0.3 is 0 Å². The number of thiazole rings is 1. The lowest BCUT2D eigenvalue weighted by molar-refractivity contribution is -0.120. The minimum Gasteiger partial charge on any atom is -0.352 e. The van der Waals surface area contributed by atoms with Crippen LogP contribution in [-0.2, 0) is 23.6 Å². The third kappa shape index (κ3) is 4.25. The first kappa shape index (κ1) is 15.9. The van der Waals surface area contributed by atoms with Gasteiger partial charge in [0.05, 0.1) is 18.0 Å². The van der Waals surface area contributed by atoms with Gasteiger partial charge in [0.2, 0.25) is 5.91 Å². The van der Waals surface area contributed by atoms with E-state index < -0.39 is 0 Å². The summed E-state index contributed by atoms with van der Waals surface area (Å²) in [5.41, 5.74) is 2.85. The fourth-order valence-corrected chi connectivity index (χ4v) is 3.05. The Morgan fingerprint density at radius 2 is 2.05 bits per heavy atom. The minimum atomic E-state index is -0.193. The number of carbonyl (C=O) groups is 1. The molecular weight excluding hydrogens is 311 g/mol. The van der Waals surface area contributed by atoms with Crippen LogP contribution in [0.3, 0.4) is 0 Å². The average molecular weight is 327 g/mol. The molecule has 0 unspecified atom stereocenters. The minimum absolute atomic E-state index is 0.106. The molecule has 0 aliphatic rings. The van der Waals surface area contributed by atoms with Crippen LogP contribution in [0.25, 0.3) is 0 Å². The highest BCUT2D eigenvalue weighted by Gasteiger charge is 2.09. The van der Waals surface area contributed by atoms with Gasteiger partial charge in [-0.2, -0.15) is 0 Å². The second-order valence-electron chi connectivity index (χ2n) is 4.86. The number of amides is 1. The Hall–Kier alpha value is -1.46. The fraction of sp³-hybridized carbons (Fsp3) is 0.333. The summed E-state index contributed by atoms with van der Waals surface area (Å²) in [6, 6.07) is 3.50. The summed E-state index contributed by atoms with van der Waals surface area (Å²) in [5.74, 6) is 0.0540. The van der Waals surface area contributed by atoms with E-state index >= 15 is 0 Å². The molecule has 0 fully saturated rings. The standard InChI is InChI=1S/C15H16ClFN2OS/c1-9-3-11(4-10(2)15(9)17)7-18-13(20)5-14-19-12(6-16)8-21-14/h3-4,8H,5-7H2,1-2H3,(H,18,20). The topological polar surface area (TPSA) is 42.0 Å². The predicted molar refractivity (Wildman–Crippen MR) is 83.1 cm³/mol. The van der Waals surface area contributed by atoms with E-state index in [-0.39, 0.29) is 18.1 Å². The van der Waals surface area contributed by atoms with Crippen molar-refractivity contribution in [2.45, 2.75) is 32.7 Å². The van der Waals surface area contributed by atoms with Crippen LogP contribution in [0.5, 0.6) is 0 Å². The molecule has 21 heavy (non-hydrogen) atoms. The number of carbonyl (C=O) groups excluding carboxylic acids is 1. The Morgan fingerprint density at radius 1 is 1.38 bits per heavy atom. The summed E-state index contributed by atoms with van der Waals surface area (Å²) in [4.78, 5) is 16.1. The average Bonchev–Trinajstić information content (AvgIpc) is 2.90. The van der Waals surface area contributed by atoms with Gasteiger partial charge in [-0.3, -0.25) is 4.79 Å². The van der Waals surface area contributed by atoms with Crippen molar-refractivity contribution in [2.24, 2.45) is 0 Å². The zero-order valence-electron chi connectivity index (χ0n) is 11.9. The molecule has 3 nitrogen and oxygen atoms in total. The van der Waals surface area contributed by atoms with Crippen molar-refractivity contribution in [2.75, 3.05) is 0 Å². The summed E-state index contributed by atoms with van der Waals surface area (Å²) >= 11 is 7.10. The number of alkyl halides is 1. The normalized spacial score (nSPS) is 10.7. The molecule has 1 heterocycles. The summed E-state index contributed by atoms with van der Waals surface area (Å²) in [6.45, 7) is 3.82. The molecule has 0 spiro atoms. The highest BCUT2D eigenvalue weighted by Crippen LogP contribution is 2.15. The van der Waals surface area contributed by atoms with Crippen LogP contribution in [0, 0.1) is 19.7 Å². The van der Waals surface area contributed by atoms with Gasteiger partial charge in [-0.1, -0.05) is 12.1 Å². The highest BCUT2D eigenvalue weighted by molar-refractivity contribution is 7.09. The molecule has 1 aromatic heterocycles. The molecule has 0 bridgehead atoms. The zero-order valence-corrected chi connectivity index (χ0v) is 13.4. The molecule has 1 N–H and O–H groups in total. The van der Waals surface area contributed by atoms with Crippen LogP contribution < -0.4 is 5.32 Å². The lowest BCUT2D eigenvalue weighted by Gasteiger charge is -2.08. The van der Waals surface area contributed by atoms with E-state index in [1.165, 1.54) is 11.3 Å². The molecule has 0 saturated carbocycles. The summed E-state index contributed by atoms with van der Waals surface area (Å²) in [6.07, 6.45) is 0.237. The van der Waals surface area contributed by atoms with Crippen LogP contribution >= 0.6 is 22.9 Å². The number of benzene rings is 1. The monoisotopic (exact) mass is 326 g/mol. The van der Waals surface area contributed by atoms with Crippen LogP contribution in [0.1, 0.15) is 27.4 Å². The summed E-state index contributed by atoms with van der Waals surface area (Å²) in [5, 5.41) is 5.42. The number of hydrogen-bond acceptors (Lipinski definition) is 3. The van der Waals surface area contributed by atoms with Crippen molar-refractivity contribution in [1.82, 2.24) is 10.3 Å². The van der Waals surface area contributed by atoms with Gasteiger partial charge in [0.1, 0.15) is 10.8 Å².